The zero-order valence-electron chi connectivity index (χ0n) is 27.5. The fourth-order valence-corrected chi connectivity index (χ4v) is 6.56. The van der Waals surface area contributed by atoms with E-state index >= 15 is 0 Å². The number of hydrogen-bond acceptors (Lipinski definition) is 8. The minimum Gasteiger partial charge on any atom is -0.508 e. The molecule has 2 aromatic carbocycles. The van der Waals surface area contributed by atoms with Crippen LogP contribution >= 0.6 is 0 Å². The molecule has 0 atom stereocenters. The first-order valence-corrected chi connectivity index (χ1v) is 16.3. The summed E-state index contributed by atoms with van der Waals surface area (Å²) in [6.07, 6.45) is 1.96. The number of carbonyl (C=O) groups excluding carboxylic acids is 2. The van der Waals surface area contributed by atoms with E-state index in [1.54, 1.807) is 17.7 Å². The zero-order valence-corrected chi connectivity index (χ0v) is 27.5. The van der Waals surface area contributed by atoms with Crippen LogP contribution in [0.4, 0.5) is 4.79 Å². The number of hydrogen-bond donors (Lipinski definition) is 4. The van der Waals surface area contributed by atoms with Crippen molar-refractivity contribution in [2.45, 2.75) is 65.0 Å². The Kier molecular flexibility index (Phi) is 10.3. The molecule has 252 valence electrons. The van der Waals surface area contributed by atoms with Crippen LogP contribution in [0.25, 0.3) is 17.1 Å². The minimum absolute atomic E-state index is 0.0127. The highest BCUT2D eigenvalue weighted by molar-refractivity contribution is 5.92. The second-order valence-corrected chi connectivity index (χ2v) is 12.8. The molecule has 3 amide bonds. The first-order valence-electron chi connectivity index (χ1n) is 16.3. The molecule has 0 aliphatic carbocycles. The van der Waals surface area contributed by atoms with Crippen molar-refractivity contribution in [2.75, 3.05) is 39.8 Å². The minimum atomic E-state index is -0.932. The maximum atomic E-state index is 13.2. The lowest BCUT2D eigenvalue weighted by Gasteiger charge is -2.39. The van der Waals surface area contributed by atoms with Crippen molar-refractivity contribution in [3.63, 3.8) is 0 Å². The third-order valence-corrected chi connectivity index (χ3v) is 9.37. The lowest BCUT2D eigenvalue weighted by atomic mass is 9.93. The number of likely N-dealkylation sites (tertiary alicyclic amines) is 2. The second kappa shape index (κ2) is 14.4. The van der Waals surface area contributed by atoms with Crippen LogP contribution in [-0.2, 0) is 11.3 Å². The molecule has 3 aromatic rings. The van der Waals surface area contributed by atoms with Gasteiger partial charge in [0.15, 0.2) is 5.82 Å². The van der Waals surface area contributed by atoms with E-state index in [0.717, 1.165) is 31.5 Å². The Balaban J connectivity index is 1.26. The third-order valence-electron chi connectivity index (χ3n) is 9.37. The summed E-state index contributed by atoms with van der Waals surface area (Å²) in [6.45, 7) is 9.60. The predicted octanol–water partition coefficient (Wildman–Crippen LogP) is 4.03. The smallest absolute Gasteiger partial charge is 0.407 e. The van der Waals surface area contributed by atoms with Gasteiger partial charge in [-0.25, -0.2) is 4.79 Å². The summed E-state index contributed by atoms with van der Waals surface area (Å²) in [5.41, 5.74) is 2.72. The largest absolute Gasteiger partial charge is 0.508 e. The van der Waals surface area contributed by atoms with Gasteiger partial charge in [-0.05, 0) is 80.9 Å². The van der Waals surface area contributed by atoms with Gasteiger partial charge in [-0.3, -0.25) is 19.1 Å². The molecule has 0 unspecified atom stereocenters. The van der Waals surface area contributed by atoms with Crippen molar-refractivity contribution in [2.24, 2.45) is 5.92 Å². The molecule has 47 heavy (non-hydrogen) atoms. The number of benzene rings is 2. The van der Waals surface area contributed by atoms with Crippen LogP contribution < -0.4 is 5.32 Å². The number of aromatic nitrogens is 3. The van der Waals surface area contributed by atoms with Crippen LogP contribution in [-0.4, -0.2) is 109 Å². The van der Waals surface area contributed by atoms with E-state index in [-0.39, 0.29) is 46.9 Å². The number of phenols is 2. The number of carboxylic acid groups (broad SMARTS) is 1. The molecule has 4 N–H and O–H groups in total. The molecule has 2 saturated heterocycles. The summed E-state index contributed by atoms with van der Waals surface area (Å²) < 4.78 is 1.62. The van der Waals surface area contributed by atoms with Gasteiger partial charge < -0.3 is 30.4 Å². The Hall–Kier alpha value is -4.65. The van der Waals surface area contributed by atoms with Gasteiger partial charge in [0.25, 0.3) is 5.91 Å². The summed E-state index contributed by atoms with van der Waals surface area (Å²) in [5.74, 6) is -0.0702. The van der Waals surface area contributed by atoms with Crippen molar-refractivity contribution in [1.29, 1.82) is 0 Å². The summed E-state index contributed by atoms with van der Waals surface area (Å²) in [4.78, 5) is 43.1. The maximum Gasteiger partial charge on any atom is 0.407 e. The fourth-order valence-electron chi connectivity index (χ4n) is 6.56. The Bertz CT molecular complexity index is 1590. The number of amides is 3. The molecule has 13 nitrogen and oxygen atoms in total. The van der Waals surface area contributed by atoms with E-state index in [0.29, 0.717) is 55.8 Å². The zero-order chi connectivity index (χ0) is 33.8. The molecule has 5 rings (SSSR count). The topological polar surface area (TPSA) is 164 Å². The van der Waals surface area contributed by atoms with Gasteiger partial charge in [0.05, 0.1) is 5.56 Å². The van der Waals surface area contributed by atoms with Crippen LogP contribution in [0.1, 0.15) is 74.1 Å². The quantitative estimate of drug-likeness (QED) is 0.268. The Morgan fingerprint density at radius 2 is 1.62 bits per heavy atom. The molecule has 13 heteroatoms. The normalized spacial score (nSPS) is 16.4. The van der Waals surface area contributed by atoms with Gasteiger partial charge in [0.2, 0.25) is 11.7 Å². The Morgan fingerprint density at radius 3 is 2.21 bits per heavy atom. The predicted molar refractivity (Wildman–Crippen MR) is 176 cm³/mol. The molecule has 2 fully saturated rings. The van der Waals surface area contributed by atoms with Crippen LogP contribution in [0, 0.1) is 5.92 Å². The summed E-state index contributed by atoms with van der Waals surface area (Å²) in [7, 11) is 1.59. The molecule has 2 aliphatic rings. The van der Waals surface area contributed by atoms with Crippen LogP contribution in [0.15, 0.2) is 36.4 Å². The van der Waals surface area contributed by atoms with Gasteiger partial charge in [0, 0.05) is 56.9 Å². The Morgan fingerprint density at radius 1 is 0.957 bits per heavy atom. The van der Waals surface area contributed by atoms with Gasteiger partial charge in [-0.15, -0.1) is 10.2 Å². The number of phenolic OH excluding ortho intramolecular Hbond substituents is 2. The van der Waals surface area contributed by atoms with E-state index in [4.69, 9.17) is 0 Å². The molecule has 0 bridgehead atoms. The summed E-state index contributed by atoms with van der Waals surface area (Å²) in [5, 5.41) is 41.7. The van der Waals surface area contributed by atoms with Crippen LogP contribution in [0.3, 0.4) is 0 Å². The first kappa shape index (κ1) is 33.7. The van der Waals surface area contributed by atoms with E-state index in [1.807, 2.05) is 49.9 Å². The SMILES string of the molecule is CCNC(=O)c1nnc(-c2cc(C(C)C)c(O)cc2O)n1-c1ccc(CN2CCC(C(=O)N3CCC(N(C)C(=O)O)CC3)CC2)cc1. The maximum absolute atomic E-state index is 13.2. The van der Waals surface area contributed by atoms with Crippen molar-refractivity contribution in [3.05, 3.63) is 53.3 Å². The van der Waals surface area contributed by atoms with Crippen molar-refractivity contribution >= 4 is 17.9 Å². The van der Waals surface area contributed by atoms with Crippen LogP contribution in [0.5, 0.6) is 11.5 Å². The highest BCUT2D eigenvalue weighted by Gasteiger charge is 2.33. The molecule has 0 radical (unpaired) electrons. The fraction of sp³-hybridized carbons (Fsp3) is 0.500. The van der Waals surface area contributed by atoms with E-state index in [9.17, 15) is 29.7 Å². The van der Waals surface area contributed by atoms with E-state index < -0.39 is 12.0 Å². The monoisotopic (exact) mass is 647 g/mol. The lowest BCUT2D eigenvalue weighted by Crippen LogP contribution is -2.49. The van der Waals surface area contributed by atoms with Gasteiger partial charge in [-0.1, -0.05) is 26.0 Å². The summed E-state index contributed by atoms with van der Waals surface area (Å²) in [6, 6.07) is 10.7. The number of piperidine rings is 2. The van der Waals surface area contributed by atoms with Crippen LogP contribution in [0.2, 0.25) is 0 Å². The van der Waals surface area contributed by atoms with E-state index in [2.05, 4.69) is 20.4 Å². The molecule has 2 aliphatic heterocycles. The van der Waals surface area contributed by atoms with Crippen molar-refractivity contribution < 1.29 is 29.7 Å². The molecular formula is C34H45N7O6. The van der Waals surface area contributed by atoms with Gasteiger partial charge in [0.1, 0.15) is 11.5 Å². The van der Waals surface area contributed by atoms with Gasteiger partial charge in [-0.2, -0.15) is 0 Å². The number of carbonyl (C=O) groups is 3. The first-order chi connectivity index (χ1) is 22.5. The molecule has 0 spiro atoms. The molecule has 1 aromatic heterocycles. The summed E-state index contributed by atoms with van der Waals surface area (Å²) >= 11 is 0. The standard InChI is InChI=1S/C34H45N7O6/c1-5-35-32(44)31-37-36-30(27-18-26(21(2)3)28(42)19-29(27)43)41(31)25-8-6-22(7-9-25)20-39-14-10-23(11-15-39)33(45)40-16-12-24(13-17-40)38(4)34(46)47/h6-9,18-19,21,23-24,42-43H,5,10-17,20H2,1-4H3,(H,35,44)(H,46,47). The average molecular weight is 648 g/mol. The van der Waals surface area contributed by atoms with E-state index in [1.165, 1.54) is 11.0 Å². The molecule has 0 saturated carbocycles. The van der Waals surface area contributed by atoms with Gasteiger partial charge >= 0.3 is 6.09 Å². The molecular weight excluding hydrogens is 602 g/mol. The Labute approximate surface area is 274 Å². The average Bonchev–Trinajstić information content (AvgIpc) is 3.50. The highest BCUT2D eigenvalue weighted by atomic mass is 16.4. The lowest BCUT2D eigenvalue weighted by molar-refractivity contribution is -0.138. The van der Waals surface area contributed by atoms with Crippen molar-refractivity contribution in [3.8, 4) is 28.6 Å². The number of rotatable bonds is 9. The highest BCUT2D eigenvalue weighted by Crippen LogP contribution is 2.38. The van der Waals surface area contributed by atoms with Crippen molar-refractivity contribution in [1.82, 2.24) is 34.8 Å². The number of aromatic hydroxyl groups is 2. The molecule has 3 heterocycles. The third kappa shape index (κ3) is 7.35. The number of nitrogens with zero attached hydrogens (tertiary/aromatic N) is 6. The number of nitrogens with one attached hydrogen (secondary N) is 1. The second-order valence-electron chi connectivity index (χ2n) is 12.8.